The summed E-state index contributed by atoms with van der Waals surface area (Å²) in [5.41, 5.74) is 0.568. The Bertz CT molecular complexity index is 510. The predicted octanol–water partition coefficient (Wildman–Crippen LogP) is 3.55. The average Bonchev–Trinajstić information content (AvgIpc) is 2.58. The number of nitrogens with one attached hydrogen (secondary N) is 2. The Hall–Kier alpha value is -1.55. The highest BCUT2D eigenvalue weighted by atomic mass is 35.5. The maximum atomic E-state index is 11.9. The highest BCUT2D eigenvalue weighted by Gasteiger charge is 2.14. The molecule has 1 aliphatic rings. The van der Waals surface area contributed by atoms with Gasteiger partial charge in [-0.1, -0.05) is 43.7 Å². The van der Waals surface area contributed by atoms with E-state index in [9.17, 15) is 9.59 Å². The molecule has 4 nitrogen and oxygen atoms in total. The van der Waals surface area contributed by atoms with Crippen LogP contribution in [-0.4, -0.2) is 24.9 Å². The van der Waals surface area contributed by atoms with Crippen LogP contribution in [0.1, 0.15) is 55.3 Å². The number of hydrogen-bond acceptors (Lipinski definition) is 2. The number of amides is 2. The third-order valence-corrected chi connectivity index (χ3v) is 4.60. The molecule has 1 aromatic rings. The molecule has 0 heterocycles. The summed E-state index contributed by atoms with van der Waals surface area (Å²) in [4.78, 5) is 23.7. The molecule has 0 atom stereocenters. The number of benzene rings is 1. The standard InChI is InChI=1S/C18H25ClN2O2/c19-16-9-7-15(8-10-16)18(23)21-13-12-20-17(22)11-6-14-4-2-1-3-5-14/h7-10,14H,1-6,11-13H2,(H,20,22)(H,21,23). The van der Waals surface area contributed by atoms with Gasteiger partial charge in [-0.3, -0.25) is 9.59 Å². The molecule has 0 radical (unpaired) electrons. The number of rotatable bonds is 7. The topological polar surface area (TPSA) is 58.2 Å². The van der Waals surface area contributed by atoms with Gasteiger partial charge in [0, 0.05) is 30.1 Å². The number of carbonyl (C=O) groups is 2. The van der Waals surface area contributed by atoms with Gasteiger partial charge in [-0.25, -0.2) is 0 Å². The first-order valence-corrected chi connectivity index (χ1v) is 8.83. The first-order valence-electron chi connectivity index (χ1n) is 8.45. The van der Waals surface area contributed by atoms with E-state index in [-0.39, 0.29) is 11.8 Å². The number of hydrogen-bond donors (Lipinski definition) is 2. The van der Waals surface area contributed by atoms with E-state index in [4.69, 9.17) is 11.6 Å². The smallest absolute Gasteiger partial charge is 0.251 e. The molecule has 1 aromatic carbocycles. The summed E-state index contributed by atoms with van der Waals surface area (Å²) in [6.45, 7) is 0.888. The van der Waals surface area contributed by atoms with Crippen molar-refractivity contribution in [2.75, 3.05) is 13.1 Å². The van der Waals surface area contributed by atoms with Gasteiger partial charge in [-0.05, 0) is 36.6 Å². The van der Waals surface area contributed by atoms with Crippen LogP contribution in [0.4, 0.5) is 0 Å². The van der Waals surface area contributed by atoms with Gasteiger partial charge in [0.2, 0.25) is 5.91 Å². The van der Waals surface area contributed by atoms with Gasteiger partial charge in [0.05, 0.1) is 0 Å². The summed E-state index contributed by atoms with van der Waals surface area (Å²) in [7, 11) is 0. The fourth-order valence-corrected chi connectivity index (χ4v) is 3.11. The van der Waals surface area contributed by atoms with E-state index in [1.54, 1.807) is 24.3 Å². The first kappa shape index (κ1) is 17.8. The zero-order valence-electron chi connectivity index (χ0n) is 13.4. The van der Waals surface area contributed by atoms with Crippen molar-refractivity contribution in [3.8, 4) is 0 Å². The summed E-state index contributed by atoms with van der Waals surface area (Å²) in [6.07, 6.45) is 8.08. The molecular weight excluding hydrogens is 312 g/mol. The zero-order valence-corrected chi connectivity index (χ0v) is 14.2. The molecule has 126 valence electrons. The lowest BCUT2D eigenvalue weighted by Crippen LogP contribution is -2.34. The van der Waals surface area contributed by atoms with Crippen molar-refractivity contribution in [3.05, 3.63) is 34.9 Å². The minimum atomic E-state index is -0.155. The molecule has 2 N–H and O–H groups in total. The Kier molecular flexibility index (Phi) is 7.40. The normalized spacial score (nSPS) is 15.2. The quantitative estimate of drug-likeness (QED) is 0.748. The number of carbonyl (C=O) groups excluding carboxylic acids is 2. The first-order chi connectivity index (χ1) is 11.1. The minimum absolute atomic E-state index is 0.0799. The SMILES string of the molecule is O=C(CCC1CCCCC1)NCCNC(=O)c1ccc(Cl)cc1. The predicted molar refractivity (Wildman–Crippen MR) is 92.6 cm³/mol. The lowest BCUT2D eigenvalue weighted by molar-refractivity contribution is -0.121. The van der Waals surface area contributed by atoms with E-state index in [0.29, 0.717) is 30.1 Å². The van der Waals surface area contributed by atoms with Crippen LogP contribution in [0.25, 0.3) is 0 Å². The molecule has 2 rings (SSSR count). The lowest BCUT2D eigenvalue weighted by atomic mass is 9.86. The Morgan fingerprint density at radius 1 is 1.00 bits per heavy atom. The van der Waals surface area contributed by atoms with Crippen LogP contribution in [-0.2, 0) is 4.79 Å². The molecule has 0 unspecified atom stereocenters. The molecule has 23 heavy (non-hydrogen) atoms. The summed E-state index contributed by atoms with van der Waals surface area (Å²) in [5.74, 6) is 0.647. The van der Waals surface area contributed by atoms with Crippen molar-refractivity contribution < 1.29 is 9.59 Å². The van der Waals surface area contributed by atoms with Crippen molar-refractivity contribution in [1.29, 1.82) is 0 Å². The van der Waals surface area contributed by atoms with Crippen LogP contribution in [0.3, 0.4) is 0 Å². The van der Waals surface area contributed by atoms with Gasteiger partial charge in [0.25, 0.3) is 5.91 Å². The highest BCUT2D eigenvalue weighted by molar-refractivity contribution is 6.30. The van der Waals surface area contributed by atoms with E-state index < -0.39 is 0 Å². The second-order valence-corrected chi connectivity index (χ2v) is 6.59. The highest BCUT2D eigenvalue weighted by Crippen LogP contribution is 2.27. The Morgan fingerprint density at radius 2 is 1.65 bits per heavy atom. The fraction of sp³-hybridized carbons (Fsp3) is 0.556. The van der Waals surface area contributed by atoms with Crippen LogP contribution in [0.15, 0.2) is 24.3 Å². The van der Waals surface area contributed by atoms with Gasteiger partial charge in [-0.2, -0.15) is 0 Å². The molecule has 0 spiro atoms. The summed E-state index contributed by atoms with van der Waals surface area (Å²) in [5, 5.41) is 6.25. The molecule has 1 aliphatic carbocycles. The zero-order chi connectivity index (χ0) is 16.5. The summed E-state index contributed by atoms with van der Waals surface area (Å²) >= 11 is 5.78. The van der Waals surface area contributed by atoms with E-state index >= 15 is 0 Å². The molecule has 0 saturated heterocycles. The van der Waals surface area contributed by atoms with Gasteiger partial charge in [0.1, 0.15) is 0 Å². The van der Waals surface area contributed by atoms with Gasteiger partial charge in [-0.15, -0.1) is 0 Å². The lowest BCUT2D eigenvalue weighted by Gasteiger charge is -2.20. The average molecular weight is 337 g/mol. The second-order valence-electron chi connectivity index (χ2n) is 6.16. The Balaban J connectivity index is 1.56. The Morgan fingerprint density at radius 3 is 2.35 bits per heavy atom. The molecular formula is C18H25ClN2O2. The minimum Gasteiger partial charge on any atom is -0.354 e. The van der Waals surface area contributed by atoms with Crippen LogP contribution < -0.4 is 10.6 Å². The maximum absolute atomic E-state index is 11.9. The van der Waals surface area contributed by atoms with Crippen LogP contribution in [0.5, 0.6) is 0 Å². The third-order valence-electron chi connectivity index (χ3n) is 4.34. The monoisotopic (exact) mass is 336 g/mol. The molecule has 1 saturated carbocycles. The Labute approximate surface area is 143 Å². The van der Waals surface area contributed by atoms with E-state index in [1.807, 2.05) is 0 Å². The van der Waals surface area contributed by atoms with Gasteiger partial charge in [0.15, 0.2) is 0 Å². The van der Waals surface area contributed by atoms with Crippen molar-refractivity contribution in [2.24, 2.45) is 5.92 Å². The summed E-state index contributed by atoms with van der Waals surface area (Å²) < 4.78 is 0. The van der Waals surface area contributed by atoms with Crippen LogP contribution in [0.2, 0.25) is 5.02 Å². The second kappa shape index (κ2) is 9.56. The molecule has 0 bridgehead atoms. The van der Waals surface area contributed by atoms with Gasteiger partial charge < -0.3 is 10.6 Å². The molecule has 0 aromatic heterocycles. The number of halogens is 1. The van der Waals surface area contributed by atoms with Crippen molar-refractivity contribution in [3.63, 3.8) is 0 Å². The molecule has 1 fully saturated rings. The largest absolute Gasteiger partial charge is 0.354 e. The van der Waals surface area contributed by atoms with E-state index in [2.05, 4.69) is 10.6 Å². The van der Waals surface area contributed by atoms with E-state index in [0.717, 1.165) is 12.3 Å². The van der Waals surface area contributed by atoms with Crippen molar-refractivity contribution in [1.82, 2.24) is 10.6 Å². The maximum Gasteiger partial charge on any atom is 0.251 e. The van der Waals surface area contributed by atoms with Crippen molar-refractivity contribution in [2.45, 2.75) is 44.9 Å². The fourth-order valence-electron chi connectivity index (χ4n) is 2.98. The van der Waals surface area contributed by atoms with E-state index in [1.165, 1.54) is 32.1 Å². The third kappa shape index (κ3) is 6.61. The van der Waals surface area contributed by atoms with Gasteiger partial charge >= 0.3 is 0 Å². The summed E-state index contributed by atoms with van der Waals surface area (Å²) in [6, 6.07) is 6.73. The molecule has 2 amide bonds. The molecule has 0 aliphatic heterocycles. The molecule has 5 heteroatoms. The van der Waals surface area contributed by atoms with Crippen molar-refractivity contribution >= 4 is 23.4 Å². The van der Waals surface area contributed by atoms with Crippen LogP contribution >= 0.6 is 11.6 Å². The van der Waals surface area contributed by atoms with Crippen LogP contribution in [0, 0.1) is 5.92 Å².